The van der Waals surface area contributed by atoms with E-state index in [0.29, 0.717) is 19.6 Å². The van der Waals surface area contributed by atoms with Crippen molar-refractivity contribution in [2.24, 2.45) is 0 Å². The van der Waals surface area contributed by atoms with Crippen molar-refractivity contribution in [3.8, 4) is 0 Å². The summed E-state index contributed by atoms with van der Waals surface area (Å²) in [5, 5.41) is 0. The smallest absolute Gasteiger partial charge is 0.158 e. The molecule has 1 aliphatic rings. The van der Waals surface area contributed by atoms with Gasteiger partial charge in [0.05, 0.1) is 19.0 Å². The van der Waals surface area contributed by atoms with E-state index in [1.54, 1.807) is 0 Å². The van der Waals surface area contributed by atoms with E-state index in [9.17, 15) is 8.42 Å². The monoisotopic (exact) mass is 180 g/mol. The van der Waals surface area contributed by atoms with Crippen LogP contribution in [0.3, 0.4) is 0 Å². The summed E-state index contributed by atoms with van der Waals surface area (Å²) < 4.78 is 31.5. The van der Waals surface area contributed by atoms with Gasteiger partial charge in [-0.1, -0.05) is 0 Å². The van der Waals surface area contributed by atoms with Crippen molar-refractivity contribution in [1.29, 1.82) is 0 Å². The Morgan fingerprint density at radius 2 is 1.91 bits per heavy atom. The van der Waals surface area contributed by atoms with Crippen LogP contribution in [0.1, 0.15) is 6.42 Å². The van der Waals surface area contributed by atoms with Crippen molar-refractivity contribution in [3.05, 3.63) is 0 Å². The van der Waals surface area contributed by atoms with Crippen molar-refractivity contribution in [3.63, 3.8) is 0 Å². The first-order valence-electron chi connectivity index (χ1n) is 3.49. The fourth-order valence-electron chi connectivity index (χ4n) is 0.884. The first-order chi connectivity index (χ1) is 5.08. The molecule has 11 heavy (non-hydrogen) atoms. The van der Waals surface area contributed by atoms with Crippen molar-refractivity contribution < 1.29 is 17.9 Å². The molecule has 0 N–H and O–H groups in total. The molecular formula is C6H12O4S. The maximum atomic E-state index is 10.7. The van der Waals surface area contributed by atoms with Crippen molar-refractivity contribution >= 4 is 9.84 Å². The highest BCUT2D eigenvalue weighted by Crippen LogP contribution is 2.08. The molecule has 66 valence electrons. The molecule has 0 unspecified atom stereocenters. The predicted molar refractivity (Wildman–Crippen MR) is 40.0 cm³/mol. The summed E-state index contributed by atoms with van der Waals surface area (Å²) in [6, 6.07) is 0. The predicted octanol–water partition coefficient (Wildman–Crippen LogP) is -0.206. The average molecular weight is 180 g/mol. The van der Waals surface area contributed by atoms with Gasteiger partial charge in [0, 0.05) is 12.7 Å². The molecule has 0 saturated carbocycles. The molecule has 4 nitrogen and oxygen atoms in total. The van der Waals surface area contributed by atoms with Crippen LogP contribution >= 0.6 is 0 Å². The standard InChI is InChI=1S/C6H12O4S/c1-11(7,8)5-2-6-9-3-4-10-6/h6H,2-5H2,1H3. The molecule has 1 heterocycles. The van der Waals surface area contributed by atoms with Crippen LogP contribution in [0.25, 0.3) is 0 Å². The Hall–Kier alpha value is -0.130. The van der Waals surface area contributed by atoms with Gasteiger partial charge in [0.15, 0.2) is 6.29 Å². The Balaban J connectivity index is 2.22. The molecule has 0 aromatic carbocycles. The minimum atomic E-state index is -2.87. The Bertz CT molecular complexity index is 203. The minimum Gasteiger partial charge on any atom is -0.350 e. The van der Waals surface area contributed by atoms with Gasteiger partial charge in [-0.3, -0.25) is 0 Å². The van der Waals surface area contributed by atoms with Crippen LogP contribution in [-0.2, 0) is 19.3 Å². The normalized spacial score (nSPS) is 20.8. The lowest BCUT2D eigenvalue weighted by Crippen LogP contribution is -2.14. The van der Waals surface area contributed by atoms with Gasteiger partial charge in [-0.05, 0) is 0 Å². The second-order valence-electron chi connectivity index (χ2n) is 2.59. The van der Waals surface area contributed by atoms with Crippen LogP contribution in [-0.4, -0.2) is 39.9 Å². The van der Waals surface area contributed by atoms with Gasteiger partial charge in [-0.2, -0.15) is 0 Å². The van der Waals surface area contributed by atoms with E-state index in [1.807, 2.05) is 0 Å². The summed E-state index contributed by atoms with van der Waals surface area (Å²) in [7, 11) is -2.87. The molecule has 0 spiro atoms. The third kappa shape index (κ3) is 3.69. The van der Waals surface area contributed by atoms with Crippen LogP contribution in [0.15, 0.2) is 0 Å². The van der Waals surface area contributed by atoms with Gasteiger partial charge < -0.3 is 9.47 Å². The molecule has 1 rings (SSSR count). The first-order valence-corrected chi connectivity index (χ1v) is 5.55. The first kappa shape index (κ1) is 8.96. The van der Waals surface area contributed by atoms with Crippen LogP contribution in [0.4, 0.5) is 0 Å². The third-order valence-electron chi connectivity index (χ3n) is 1.42. The lowest BCUT2D eigenvalue weighted by molar-refractivity contribution is -0.0424. The van der Waals surface area contributed by atoms with E-state index in [2.05, 4.69) is 0 Å². The van der Waals surface area contributed by atoms with Crippen molar-refractivity contribution in [2.45, 2.75) is 12.7 Å². The highest BCUT2D eigenvalue weighted by molar-refractivity contribution is 7.90. The average Bonchev–Trinajstić information content (AvgIpc) is 2.32. The lowest BCUT2D eigenvalue weighted by atomic mass is 10.5. The quantitative estimate of drug-likeness (QED) is 0.603. The van der Waals surface area contributed by atoms with E-state index >= 15 is 0 Å². The summed E-state index contributed by atoms with van der Waals surface area (Å²) in [6.07, 6.45) is 1.35. The second-order valence-corrected chi connectivity index (χ2v) is 4.85. The van der Waals surface area contributed by atoms with Gasteiger partial charge in [0.2, 0.25) is 0 Å². The summed E-state index contributed by atoms with van der Waals surface area (Å²) in [5.74, 6) is 0.137. The summed E-state index contributed by atoms with van der Waals surface area (Å²) in [4.78, 5) is 0. The fraction of sp³-hybridized carbons (Fsp3) is 1.00. The molecule has 0 aromatic heterocycles. The highest BCUT2D eigenvalue weighted by atomic mass is 32.2. The topological polar surface area (TPSA) is 52.6 Å². The zero-order chi connectivity index (χ0) is 8.32. The maximum Gasteiger partial charge on any atom is 0.158 e. The van der Waals surface area contributed by atoms with Gasteiger partial charge in [0.1, 0.15) is 9.84 Å². The molecule has 1 aliphatic heterocycles. The van der Waals surface area contributed by atoms with Crippen molar-refractivity contribution in [2.75, 3.05) is 25.2 Å². The third-order valence-corrected chi connectivity index (χ3v) is 2.39. The molecule has 5 heteroatoms. The van der Waals surface area contributed by atoms with E-state index in [4.69, 9.17) is 9.47 Å². The lowest BCUT2D eigenvalue weighted by Gasteiger charge is -2.06. The second kappa shape index (κ2) is 3.51. The molecule has 0 radical (unpaired) electrons. The SMILES string of the molecule is CS(=O)(=O)CCC1OCCO1. The van der Waals surface area contributed by atoms with Crippen molar-refractivity contribution in [1.82, 2.24) is 0 Å². The molecule has 0 atom stereocenters. The summed E-state index contributed by atoms with van der Waals surface area (Å²) in [6.45, 7) is 1.16. The van der Waals surface area contributed by atoms with Crippen LogP contribution < -0.4 is 0 Å². The maximum absolute atomic E-state index is 10.7. The largest absolute Gasteiger partial charge is 0.350 e. The number of hydrogen-bond acceptors (Lipinski definition) is 4. The Labute approximate surface area is 66.4 Å². The minimum absolute atomic E-state index is 0.137. The fourth-order valence-corrected chi connectivity index (χ4v) is 1.50. The van der Waals surface area contributed by atoms with Crippen LogP contribution in [0, 0.1) is 0 Å². The van der Waals surface area contributed by atoms with E-state index in [-0.39, 0.29) is 12.0 Å². The van der Waals surface area contributed by atoms with Gasteiger partial charge in [-0.25, -0.2) is 8.42 Å². The van der Waals surface area contributed by atoms with Gasteiger partial charge >= 0.3 is 0 Å². The van der Waals surface area contributed by atoms with Gasteiger partial charge in [-0.15, -0.1) is 0 Å². The Kier molecular flexibility index (Phi) is 2.86. The van der Waals surface area contributed by atoms with Gasteiger partial charge in [0.25, 0.3) is 0 Å². The highest BCUT2D eigenvalue weighted by Gasteiger charge is 2.17. The number of ether oxygens (including phenoxy) is 2. The van der Waals surface area contributed by atoms with E-state index in [1.165, 1.54) is 6.26 Å². The molecule has 1 saturated heterocycles. The summed E-state index contributed by atoms with van der Waals surface area (Å²) in [5.41, 5.74) is 0. The molecule has 0 aromatic rings. The summed E-state index contributed by atoms with van der Waals surface area (Å²) >= 11 is 0. The molecule has 0 aliphatic carbocycles. The molecular weight excluding hydrogens is 168 g/mol. The molecule has 1 fully saturated rings. The van der Waals surface area contributed by atoms with Crippen LogP contribution in [0.2, 0.25) is 0 Å². The Morgan fingerprint density at radius 1 is 1.36 bits per heavy atom. The molecule has 0 bridgehead atoms. The van der Waals surface area contributed by atoms with Crippen LogP contribution in [0.5, 0.6) is 0 Å². The number of rotatable bonds is 3. The number of hydrogen-bond donors (Lipinski definition) is 0. The Morgan fingerprint density at radius 3 is 2.36 bits per heavy atom. The number of sulfone groups is 1. The molecule has 0 amide bonds. The zero-order valence-corrected chi connectivity index (χ0v) is 7.26. The zero-order valence-electron chi connectivity index (χ0n) is 6.45. The van der Waals surface area contributed by atoms with E-state index in [0.717, 1.165) is 0 Å². The van der Waals surface area contributed by atoms with E-state index < -0.39 is 9.84 Å².